The van der Waals surface area contributed by atoms with Crippen LogP contribution in [0.5, 0.6) is 0 Å². The SMILES string of the molecule is C=C(C)C(=O)OCCC#N.O=S(=O)(O)c1ccc(Cl)cc1. The number of nitrogens with zero attached hydrogens (tertiary/aromatic N) is 1. The summed E-state index contributed by atoms with van der Waals surface area (Å²) in [6, 6.07) is 7.11. The average Bonchev–Trinajstić information content (AvgIpc) is 2.39. The minimum absolute atomic E-state index is 0.151. The molecule has 6 nitrogen and oxygen atoms in total. The second-order valence-corrected chi connectivity index (χ2v) is 5.61. The molecule has 0 radical (unpaired) electrons. The van der Waals surface area contributed by atoms with Crippen LogP contribution < -0.4 is 0 Å². The Morgan fingerprint density at radius 1 is 1.43 bits per heavy atom. The Balaban J connectivity index is 0.000000384. The molecule has 1 aromatic carbocycles. The Bertz CT molecular complexity index is 632. The predicted molar refractivity (Wildman–Crippen MR) is 77.3 cm³/mol. The molecule has 21 heavy (non-hydrogen) atoms. The molecule has 0 aliphatic carbocycles. The van der Waals surface area contributed by atoms with Crippen LogP contribution in [0.15, 0.2) is 41.3 Å². The van der Waals surface area contributed by atoms with E-state index in [9.17, 15) is 13.2 Å². The third-order valence-electron chi connectivity index (χ3n) is 1.91. The van der Waals surface area contributed by atoms with Gasteiger partial charge in [0.25, 0.3) is 10.1 Å². The zero-order valence-corrected chi connectivity index (χ0v) is 12.8. The summed E-state index contributed by atoms with van der Waals surface area (Å²) < 4.78 is 34.0. The van der Waals surface area contributed by atoms with E-state index in [1.165, 1.54) is 24.3 Å². The summed E-state index contributed by atoms with van der Waals surface area (Å²) in [7, 11) is -4.08. The molecule has 0 bridgehead atoms. The number of benzene rings is 1. The quantitative estimate of drug-likeness (QED) is 0.393. The second kappa shape index (κ2) is 9.13. The number of carbonyl (C=O) groups is 1. The Morgan fingerprint density at radius 2 is 1.95 bits per heavy atom. The summed E-state index contributed by atoms with van der Waals surface area (Å²) >= 11 is 5.49. The average molecular weight is 332 g/mol. The van der Waals surface area contributed by atoms with Crippen LogP contribution in [0.3, 0.4) is 0 Å². The van der Waals surface area contributed by atoms with Gasteiger partial charge >= 0.3 is 5.97 Å². The monoisotopic (exact) mass is 331 g/mol. The molecule has 0 amide bonds. The minimum atomic E-state index is -4.08. The van der Waals surface area contributed by atoms with Gasteiger partial charge in [0.2, 0.25) is 0 Å². The topological polar surface area (TPSA) is 104 Å². The van der Waals surface area contributed by atoms with Crippen LogP contribution in [0, 0.1) is 11.3 Å². The molecule has 1 rings (SSSR count). The highest BCUT2D eigenvalue weighted by Gasteiger charge is 2.07. The predicted octanol–water partition coefficient (Wildman–Crippen LogP) is 2.61. The van der Waals surface area contributed by atoms with E-state index in [1.54, 1.807) is 6.92 Å². The van der Waals surface area contributed by atoms with Gasteiger partial charge in [-0.15, -0.1) is 0 Å². The Kier molecular flexibility index (Phi) is 8.31. The lowest BCUT2D eigenvalue weighted by molar-refractivity contribution is -0.138. The van der Waals surface area contributed by atoms with Gasteiger partial charge < -0.3 is 4.74 Å². The van der Waals surface area contributed by atoms with Crippen LogP contribution in [0.1, 0.15) is 13.3 Å². The first-order valence-corrected chi connectivity index (χ1v) is 7.43. The minimum Gasteiger partial charge on any atom is -0.461 e. The van der Waals surface area contributed by atoms with E-state index in [1.807, 2.05) is 6.07 Å². The highest BCUT2D eigenvalue weighted by Crippen LogP contribution is 2.12. The Labute approximate surface area is 128 Å². The fourth-order valence-corrected chi connectivity index (χ4v) is 1.53. The molecule has 0 aliphatic heterocycles. The van der Waals surface area contributed by atoms with Gasteiger partial charge in [-0.1, -0.05) is 18.2 Å². The van der Waals surface area contributed by atoms with Gasteiger partial charge in [-0.3, -0.25) is 4.55 Å². The molecule has 0 unspecified atom stereocenters. The molecule has 0 atom stereocenters. The van der Waals surface area contributed by atoms with Crippen molar-refractivity contribution in [3.05, 3.63) is 41.4 Å². The van der Waals surface area contributed by atoms with E-state index in [2.05, 4.69) is 11.3 Å². The van der Waals surface area contributed by atoms with Crippen molar-refractivity contribution < 1.29 is 22.5 Å². The first kappa shape index (κ1) is 19.1. The second-order valence-electron chi connectivity index (χ2n) is 3.75. The molecule has 8 heteroatoms. The molecule has 0 aliphatic rings. The number of carbonyl (C=O) groups excluding carboxylic acids is 1. The molecule has 114 valence electrons. The van der Waals surface area contributed by atoms with Crippen molar-refractivity contribution in [2.45, 2.75) is 18.2 Å². The van der Waals surface area contributed by atoms with Gasteiger partial charge in [0, 0.05) is 10.6 Å². The highest BCUT2D eigenvalue weighted by atomic mass is 35.5. The van der Waals surface area contributed by atoms with Gasteiger partial charge in [-0.2, -0.15) is 13.7 Å². The maximum atomic E-state index is 10.6. The number of halogens is 1. The van der Waals surface area contributed by atoms with Gasteiger partial charge in [-0.05, 0) is 31.2 Å². The van der Waals surface area contributed by atoms with Gasteiger partial charge in [0.1, 0.15) is 6.61 Å². The van der Waals surface area contributed by atoms with Crippen molar-refractivity contribution in [1.82, 2.24) is 0 Å². The Morgan fingerprint density at radius 3 is 2.33 bits per heavy atom. The van der Waals surface area contributed by atoms with Crippen LogP contribution in [-0.4, -0.2) is 25.5 Å². The molecular weight excluding hydrogens is 318 g/mol. The first-order chi connectivity index (χ1) is 9.68. The van der Waals surface area contributed by atoms with E-state index >= 15 is 0 Å². The lowest BCUT2D eigenvalue weighted by atomic mass is 10.4. The fourth-order valence-electron chi connectivity index (χ4n) is 0.919. The van der Waals surface area contributed by atoms with Crippen LogP contribution >= 0.6 is 11.6 Å². The summed E-state index contributed by atoms with van der Waals surface area (Å²) in [5, 5.41) is 8.48. The molecule has 0 fully saturated rings. The number of hydrogen-bond donors (Lipinski definition) is 1. The van der Waals surface area contributed by atoms with E-state index in [0.717, 1.165) is 0 Å². The largest absolute Gasteiger partial charge is 0.461 e. The standard InChI is InChI=1S/C7H9NO2.C6H5ClO3S/c1-6(2)7(9)10-5-3-4-8;7-5-1-3-6(4-2-5)11(8,9)10/h1,3,5H2,2H3;1-4H,(H,8,9,10). The van der Waals surface area contributed by atoms with Crippen molar-refractivity contribution in [3.63, 3.8) is 0 Å². The van der Waals surface area contributed by atoms with Crippen molar-refractivity contribution in [1.29, 1.82) is 5.26 Å². The number of nitriles is 1. The zero-order valence-electron chi connectivity index (χ0n) is 11.2. The molecule has 0 spiro atoms. The molecule has 1 aromatic rings. The summed E-state index contributed by atoms with van der Waals surface area (Å²) in [5.74, 6) is -0.435. The lowest BCUT2D eigenvalue weighted by Crippen LogP contribution is -2.05. The summed E-state index contributed by atoms with van der Waals surface area (Å²) in [5.41, 5.74) is 0.359. The molecule has 1 N–H and O–H groups in total. The summed E-state index contributed by atoms with van der Waals surface area (Å²) in [4.78, 5) is 10.4. The van der Waals surface area contributed by atoms with Crippen molar-refractivity contribution in [2.24, 2.45) is 0 Å². The molecule has 0 aromatic heterocycles. The molecular formula is C13H14ClNO5S. The van der Waals surface area contributed by atoms with Crippen LogP contribution in [0.25, 0.3) is 0 Å². The third kappa shape index (κ3) is 8.81. The first-order valence-electron chi connectivity index (χ1n) is 5.61. The van der Waals surface area contributed by atoms with Gasteiger partial charge in [-0.25, -0.2) is 4.79 Å². The van der Waals surface area contributed by atoms with Crippen LogP contribution in [0.2, 0.25) is 5.02 Å². The van der Waals surface area contributed by atoms with E-state index in [4.69, 9.17) is 21.4 Å². The molecule has 0 saturated carbocycles. The van der Waals surface area contributed by atoms with Crippen molar-refractivity contribution in [3.8, 4) is 6.07 Å². The fraction of sp³-hybridized carbons (Fsp3) is 0.231. The maximum Gasteiger partial charge on any atom is 0.333 e. The van der Waals surface area contributed by atoms with Gasteiger partial charge in [0.05, 0.1) is 17.4 Å². The molecule has 0 heterocycles. The Hall–Kier alpha value is -1.88. The summed E-state index contributed by atoms with van der Waals surface area (Å²) in [6.07, 6.45) is 0.235. The third-order valence-corrected chi connectivity index (χ3v) is 3.03. The normalized spacial score (nSPS) is 9.81. The van der Waals surface area contributed by atoms with Crippen LogP contribution in [0.4, 0.5) is 0 Å². The summed E-state index contributed by atoms with van der Waals surface area (Å²) in [6.45, 7) is 5.10. The number of esters is 1. The van der Waals surface area contributed by atoms with E-state index < -0.39 is 16.1 Å². The van der Waals surface area contributed by atoms with E-state index in [0.29, 0.717) is 10.6 Å². The molecule has 0 saturated heterocycles. The smallest absolute Gasteiger partial charge is 0.333 e. The van der Waals surface area contributed by atoms with Gasteiger partial charge in [0.15, 0.2) is 0 Å². The van der Waals surface area contributed by atoms with Crippen molar-refractivity contribution in [2.75, 3.05) is 6.61 Å². The lowest BCUT2D eigenvalue weighted by Gasteiger charge is -1.98. The van der Waals surface area contributed by atoms with E-state index in [-0.39, 0.29) is 17.9 Å². The zero-order chi connectivity index (χ0) is 16.5. The van der Waals surface area contributed by atoms with Crippen molar-refractivity contribution >= 4 is 27.7 Å². The number of rotatable bonds is 4. The maximum absolute atomic E-state index is 10.6. The highest BCUT2D eigenvalue weighted by molar-refractivity contribution is 7.85. The number of ether oxygens (including phenoxy) is 1. The van der Waals surface area contributed by atoms with Crippen LogP contribution in [-0.2, 0) is 19.6 Å². The number of hydrogen-bond acceptors (Lipinski definition) is 5.